The number of ether oxygens (including phenoxy) is 2. The van der Waals surface area contributed by atoms with Gasteiger partial charge in [0.1, 0.15) is 18.8 Å². The summed E-state index contributed by atoms with van der Waals surface area (Å²) in [5.41, 5.74) is -0.805. The van der Waals surface area contributed by atoms with Crippen molar-refractivity contribution >= 4 is 27.8 Å². The number of nitrogens with one attached hydrogen (secondary N) is 1. The fourth-order valence-electron chi connectivity index (χ4n) is 2.90. The Balaban J connectivity index is 1.86. The van der Waals surface area contributed by atoms with E-state index in [1.807, 2.05) is 0 Å². The van der Waals surface area contributed by atoms with Crippen LogP contribution in [0.15, 0.2) is 16.6 Å². The van der Waals surface area contributed by atoms with E-state index >= 15 is 0 Å². The standard InChI is InChI=1S/C15H16BrNO5/c16-10-7-9(8-11-12(10)22-6-5-21-11)13(18)17-15(14(19)20)3-1-2-4-15/h7-8H,1-6H2,(H,17,18)(H,19,20). The summed E-state index contributed by atoms with van der Waals surface area (Å²) in [6, 6.07) is 3.20. The molecule has 0 spiro atoms. The van der Waals surface area contributed by atoms with Crippen LogP contribution in [0, 0.1) is 0 Å². The van der Waals surface area contributed by atoms with Gasteiger partial charge in [-0.2, -0.15) is 0 Å². The van der Waals surface area contributed by atoms with Gasteiger partial charge in [0.05, 0.1) is 4.47 Å². The Labute approximate surface area is 135 Å². The predicted octanol–water partition coefficient (Wildman–Crippen LogP) is 2.35. The molecule has 2 aliphatic rings. The average Bonchev–Trinajstić information content (AvgIpc) is 2.97. The second-order valence-electron chi connectivity index (χ2n) is 5.53. The molecule has 1 aliphatic carbocycles. The number of benzene rings is 1. The largest absolute Gasteiger partial charge is 0.486 e. The van der Waals surface area contributed by atoms with Crippen LogP contribution in [0.1, 0.15) is 36.0 Å². The molecule has 0 bridgehead atoms. The van der Waals surface area contributed by atoms with Crippen LogP contribution in [0.2, 0.25) is 0 Å². The number of amides is 1. The van der Waals surface area contributed by atoms with E-state index in [0.29, 0.717) is 47.6 Å². The van der Waals surface area contributed by atoms with Crippen molar-refractivity contribution in [2.24, 2.45) is 0 Å². The molecule has 22 heavy (non-hydrogen) atoms. The minimum Gasteiger partial charge on any atom is -0.486 e. The molecule has 1 aliphatic heterocycles. The minimum atomic E-state index is -1.16. The van der Waals surface area contributed by atoms with Gasteiger partial charge < -0.3 is 19.9 Å². The molecular weight excluding hydrogens is 354 g/mol. The molecule has 0 saturated heterocycles. The minimum absolute atomic E-state index is 0.351. The predicted molar refractivity (Wildman–Crippen MR) is 81.4 cm³/mol. The topological polar surface area (TPSA) is 84.9 Å². The van der Waals surface area contributed by atoms with E-state index in [1.165, 1.54) is 0 Å². The number of hydrogen-bond acceptors (Lipinski definition) is 4. The molecule has 1 heterocycles. The highest BCUT2D eigenvalue weighted by atomic mass is 79.9. The molecule has 118 valence electrons. The van der Waals surface area contributed by atoms with E-state index in [0.717, 1.165) is 12.8 Å². The van der Waals surface area contributed by atoms with Gasteiger partial charge >= 0.3 is 5.97 Å². The second-order valence-corrected chi connectivity index (χ2v) is 6.39. The van der Waals surface area contributed by atoms with Gasteiger partial charge in [-0.15, -0.1) is 0 Å². The van der Waals surface area contributed by atoms with Crippen LogP contribution in [-0.4, -0.2) is 35.7 Å². The van der Waals surface area contributed by atoms with Gasteiger partial charge in [-0.1, -0.05) is 12.8 Å². The SMILES string of the molecule is O=C(NC1(C(=O)O)CCCC1)c1cc(Br)c2c(c1)OCCO2. The smallest absolute Gasteiger partial charge is 0.329 e. The summed E-state index contributed by atoms with van der Waals surface area (Å²) in [6.45, 7) is 0.878. The summed E-state index contributed by atoms with van der Waals surface area (Å²) in [4.78, 5) is 24.0. The normalized spacial score (nSPS) is 18.8. The van der Waals surface area contributed by atoms with Crippen molar-refractivity contribution < 1.29 is 24.2 Å². The van der Waals surface area contributed by atoms with Crippen LogP contribution >= 0.6 is 15.9 Å². The van der Waals surface area contributed by atoms with E-state index in [2.05, 4.69) is 21.2 Å². The van der Waals surface area contributed by atoms with Crippen molar-refractivity contribution in [1.29, 1.82) is 0 Å². The molecule has 0 atom stereocenters. The van der Waals surface area contributed by atoms with E-state index in [1.54, 1.807) is 12.1 Å². The van der Waals surface area contributed by atoms with Crippen LogP contribution in [0.5, 0.6) is 11.5 Å². The zero-order valence-electron chi connectivity index (χ0n) is 11.9. The lowest BCUT2D eigenvalue weighted by atomic mass is 9.97. The lowest BCUT2D eigenvalue weighted by Gasteiger charge is -2.26. The first-order valence-corrected chi connectivity index (χ1v) is 7.96. The Hall–Kier alpha value is -1.76. The van der Waals surface area contributed by atoms with Gasteiger partial charge in [-0.3, -0.25) is 4.79 Å². The first-order chi connectivity index (χ1) is 10.5. The van der Waals surface area contributed by atoms with Crippen LogP contribution < -0.4 is 14.8 Å². The number of aliphatic carboxylic acids is 1. The fraction of sp³-hybridized carbons (Fsp3) is 0.467. The van der Waals surface area contributed by atoms with Gasteiger partial charge in [-0.25, -0.2) is 4.79 Å². The summed E-state index contributed by atoms with van der Waals surface area (Å²) in [5, 5.41) is 12.1. The third-order valence-electron chi connectivity index (χ3n) is 4.08. The summed E-state index contributed by atoms with van der Waals surface area (Å²) in [5.74, 6) is -0.338. The van der Waals surface area contributed by atoms with E-state index < -0.39 is 17.4 Å². The van der Waals surface area contributed by atoms with Crippen molar-refractivity contribution in [2.75, 3.05) is 13.2 Å². The Morgan fingerprint density at radius 3 is 2.55 bits per heavy atom. The summed E-state index contributed by atoms with van der Waals surface area (Å²) in [7, 11) is 0. The van der Waals surface area contributed by atoms with Crippen molar-refractivity contribution in [2.45, 2.75) is 31.2 Å². The highest BCUT2D eigenvalue weighted by Crippen LogP contribution is 2.39. The Morgan fingerprint density at radius 2 is 1.86 bits per heavy atom. The number of carboxylic acids is 1. The number of carbonyl (C=O) groups excluding carboxylic acids is 1. The molecule has 1 aromatic rings. The first kappa shape index (κ1) is 15.1. The van der Waals surface area contributed by atoms with Crippen LogP contribution in [0.25, 0.3) is 0 Å². The maximum absolute atomic E-state index is 12.5. The number of hydrogen-bond donors (Lipinski definition) is 2. The van der Waals surface area contributed by atoms with Crippen molar-refractivity contribution in [3.05, 3.63) is 22.2 Å². The highest BCUT2D eigenvalue weighted by molar-refractivity contribution is 9.10. The van der Waals surface area contributed by atoms with Crippen LogP contribution in [0.3, 0.4) is 0 Å². The monoisotopic (exact) mass is 369 g/mol. The molecule has 6 nitrogen and oxygen atoms in total. The van der Waals surface area contributed by atoms with Gasteiger partial charge in [0.25, 0.3) is 5.91 Å². The molecule has 1 saturated carbocycles. The van der Waals surface area contributed by atoms with Crippen molar-refractivity contribution in [1.82, 2.24) is 5.32 Å². The van der Waals surface area contributed by atoms with Gasteiger partial charge in [0.2, 0.25) is 0 Å². The third-order valence-corrected chi connectivity index (χ3v) is 4.67. The van der Waals surface area contributed by atoms with Crippen molar-refractivity contribution in [3.63, 3.8) is 0 Å². The number of rotatable bonds is 3. The molecule has 1 fully saturated rings. The van der Waals surface area contributed by atoms with E-state index in [4.69, 9.17) is 9.47 Å². The van der Waals surface area contributed by atoms with E-state index in [-0.39, 0.29) is 0 Å². The summed E-state index contributed by atoms with van der Waals surface area (Å²) < 4.78 is 11.6. The number of fused-ring (bicyclic) bond motifs is 1. The Morgan fingerprint density at radius 1 is 1.18 bits per heavy atom. The van der Waals surface area contributed by atoms with Gasteiger partial charge in [0, 0.05) is 5.56 Å². The maximum atomic E-state index is 12.5. The second kappa shape index (κ2) is 5.79. The van der Waals surface area contributed by atoms with Crippen LogP contribution in [-0.2, 0) is 4.79 Å². The summed E-state index contributed by atoms with van der Waals surface area (Å²) >= 11 is 3.35. The zero-order chi connectivity index (χ0) is 15.7. The quantitative estimate of drug-likeness (QED) is 0.853. The lowest BCUT2D eigenvalue weighted by molar-refractivity contribution is -0.144. The lowest BCUT2D eigenvalue weighted by Crippen LogP contribution is -2.52. The maximum Gasteiger partial charge on any atom is 0.329 e. The number of carboxylic acid groups (broad SMARTS) is 1. The molecule has 1 amide bonds. The molecule has 0 unspecified atom stereocenters. The molecule has 1 aromatic carbocycles. The van der Waals surface area contributed by atoms with Gasteiger partial charge in [0.15, 0.2) is 11.5 Å². The molecule has 7 heteroatoms. The molecule has 2 N–H and O–H groups in total. The van der Waals surface area contributed by atoms with Crippen LogP contribution in [0.4, 0.5) is 0 Å². The number of halogens is 1. The highest BCUT2D eigenvalue weighted by Gasteiger charge is 2.42. The van der Waals surface area contributed by atoms with E-state index in [9.17, 15) is 14.7 Å². The fourth-order valence-corrected chi connectivity index (χ4v) is 3.46. The number of carbonyl (C=O) groups is 2. The molecule has 3 rings (SSSR count). The Kier molecular flexibility index (Phi) is 3.99. The molecule has 0 radical (unpaired) electrons. The Bertz CT molecular complexity index is 625. The van der Waals surface area contributed by atoms with Crippen molar-refractivity contribution in [3.8, 4) is 11.5 Å². The zero-order valence-corrected chi connectivity index (χ0v) is 13.4. The van der Waals surface area contributed by atoms with Gasteiger partial charge in [-0.05, 0) is 40.9 Å². The first-order valence-electron chi connectivity index (χ1n) is 7.17. The third kappa shape index (κ3) is 2.65. The molecule has 0 aromatic heterocycles. The molecular formula is C15H16BrNO5. The summed E-state index contributed by atoms with van der Waals surface area (Å²) in [6.07, 6.45) is 2.52. The average molecular weight is 370 g/mol.